The monoisotopic (exact) mass is 768 g/mol. The fraction of sp³-hybridized carbons (Fsp3) is 0.133. The second kappa shape index (κ2) is 20.3. The van der Waals surface area contributed by atoms with Crippen molar-refractivity contribution in [2.75, 3.05) is 10.8 Å². The number of carboxylic acids is 1. The van der Waals surface area contributed by atoms with E-state index in [0.717, 1.165) is 22.3 Å². The van der Waals surface area contributed by atoms with Gasteiger partial charge in [-0.2, -0.15) is 0 Å². The molecule has 0 atom stereocenters. The van der Waals surface area contributed by atoms with Crippen molar-refractivity contribution in [3.63, 3.8) is 0 Å². The molecule has 0 aromatic heterocycles. The predicted molar refractivity (Wildman–Crippen MR) is 211 cm³/mol. The number of anilines is 2. The number of ether oxygens (including phenoxy) is 1. The highest BCUT2D eigenvalue weighted by Crippen LogP contribution is 2.21. The molecule has 0 saturated heterocycles. The van der Waals surface area contributed by atoms with E-state index < -0.39 is 17.8 Å². The van der Waals surface area contributed by atoms with E-state index in [-0.39, 0.29) is 44.2 Å². The molecule has 290 valence electrons. The van der Waals surface area contributed by atoms with Crippen molar-refractivity contribution < 1.29 is 49.0 Å². The van der Waals surface area contributed by atoms with Crippen LogP contribution in [0.5, 0.6) is 0 Å². The predicted octanol–water partition coefficient (Wildman–Crippen LogP) is 8.77. The highest BCUT2D eigenvalue weighted by Gasteiger charge is 2.18. The van der Waals surface area contributed by atoms with E-state index in [9.17, 15) is 19.5 Å². The summed E-state index contributed by atoms with van der Waals surface area (Å²) in [6.07, 6.45) is 0.616. The van der Waals surface area contributed by atoms with E-state index in [1.54, 1.807) is 36.4 Å². The van der Waals surface area contributed by atoms with Crippen molar-refractivity contribution >= 4 is 29.2 Å². The lowest BCUT2D eigenvalue weighted by Crippen LogP contribution is -2.17. The molecule has 0 aliphatic heterocycles. The Morgan fingerprint density at radius 3 is 1.75 bits per heavy atom. The van der Waals surface area contributed by atoms with Crippen molar-refractivity contribution in [2.24, 2.45) is 0 Å². The highest BCUT2D eigenvalue weighted by molar-refractivity contribution is 6.10. The van der Waals surface area contributed by atoms with Gasteiger partial charge in [-0.25, -0.2) is 24.3 Å². The average Bonchev–Trinajstić information content (AvgIpc) is 3.24. The third-order valence-electron chi connectivity index (χ3n) is 8.80. The topological polar surface area (TPSA) is 162 Å². The van der Waals surface area contributed by atoms with Gasteiger partial charge < -0.3 is 15.2 Å². The number of esters is 1. The quantitative estimate of drug-likeness (QED) is 0.0270. The Bertz CT molecular complexity index is 2250. The number of carbonyl (C=O) groups excluding carboxylic acids is 2. The number of hydrogen-bond acceptors (Lipinski definition) is 10. The molecule has 57 heavy (non-hydrogen) atoms. The normalized spacial score (nSPS) is 10.8. The van der Waals surface area contributed by atoms with E-state index >= 15 is 0 Å². The van der Waals surface area contributed by atoms with Crippen molar-refractivity contribution in [1.82, 2.24) is 0 Å². The molecule has 6 rings (SSSR count). The third kappa shape index (κ3) is 11.9. The fourth-order valence-corrected chi connectivity index (χ4v) is 5.78. The van der Waals surface area contributed by atoms with Gasteiger partial charge in [-0.3, -0.25) is 20.4 Å². The summed E-state index contributed by atoms with van der Waals surface area (Å²) in [6.45, 7) is 0.407. The van der Waals surface area contributed by atoms with Crippen LogP contribution in [-0.4, -0.2) is 28.2 Å². The Hall–Kier alpha value is -6.67. The molecule has 1 amide bonds. The van der Waals surface area contributed by atoms with Gasteiger partial charge in [0.2, 0.25) is 0 Å². The molecule has 0 aliphatic rings. The summed E-state index contributed by atoms with van der Waals surface area (Å²) < 4.78 is 5.45. The fourth-order valence-electron chi connectivity index (χ4n) is 5.78. The van der Waals surface area contributed by atoms with Crippen LogP contribution in [0, 0.1) is 0 Å². The second-order valence-electron chi connectivity index (χ2n) is 12.9. The summed E-state index contributed by atoms with van der Waals surface area (Å²) in [5.41, 5.74) is 10.0. The first kappa shape index (κ1) is 40.0. The van der Waals surface area contributed by atoms with Crippen LogP contribution in [0.4, 0.5) is 11.4 Å². The Kier molecular flexibility index (Phi) is 14.3. The van der Waals surface area contributed by atoms with Gasteiger partial charge in [0, 0.05) is 5.69 Å². The first-order chi connectivity index (χ1) is 27.8. The maximum atomic E-state index is 13.2. The van der Waals surface area contributed by atoms with Crippen LogP contribution in [0.15, 0.2) is 146 Å². The number of rotatable bonds is 19. The van der Waals surface area contributed by atoms with E-state index in [0.29, 0.717) is 40.0 Å². The molecule has 0 unspecified atom stereocenters. The van der Waals surface area contributed by atoms with E-state index in [1.807, 2.05) is 97.1 Å². The zero-order valence-electron chi connectivity index (χ0n) is 30.8. The SMILES string of the molecule is O=C(OCc1ccccc1)c1ccc(COO)c(CONc2ccc(Cc3ccc(NC(=O)c4cc(COOCc5ccccc5)ccc4C(=O)O)cc3)cc2)c1. The third-order valence-corrected chi connectivity index (χ3v) is 8.80. The molecule has 12 nitrogen and oxygen atoms in total. The second-order valence-corrected chi connectivity index (χ2v) is 12.9. The molecule has 12 heteroatoms. The van der Waals surface area contributed by atoms with E-state index in [4.69, 9.17) is 24.6 Å². The minimum absolute atomic E-state index is 0.000724. The lowest BCUT2D eigenvalue weighted by Gasteiger charge is -2.13. The standard InChI is InChI=1S/C45H40N2O10/c48-43(42-24-35(15-22-41(42)44(49)50)28-57-56-27-34-9-5-2-6-10-34)46-39-18-11-31(12-19-39)23-32-13-20-40(21-14-32)47-54-29-38-25-36(16-17-37(38)30-55-52)45(51)53-26-33-7-3-1-4-8-33/h1-22,24-25,47,52H,23,26-30H2,(H,46,48)(H,49,50). The molecule has 0 aliphatic carbocycles. The van der Waals surface area contributed by atoms with Crippen molar-refractivity contribution in [1.29, 1.82) is 0 Å². The molecule has 0 radical (unpaired) electrons. The molecular weight excluding hydrogens is 728 g/mol. The molecule has 0 fully saturated rings. The van der Waals surface area contributed by atoms with Gasteiger partial charge in [0.25, 0.3) is 5.91 Å². The summed E-state index contributed by atoms with van der Waals surface area (Å²) in [4.78, 5) is 58.5. The number of benzene rings is 6. The molecule has 0 spiro atoms. The molecule has 0 saturated carbocycles. The molecular formula is C45H40N2O10. The van der Waals surface area contributed by atoms with Gasteiger partial charge in [0.1, 0.15) is 33.0 Å². The van der Waals surface area contributed by atoms with Crippen LogP contribution in [-0.2, 0) is 63.7 Å². The largest absolute Gasteiger partial charge is 0.478 e. The Balaban J connectivity index is 0.987. The number of amides is 1. The maximum absolute atomic E-state index is 13.2. The lowest BCUT2D eigenvalue weighted by atomic mass is 10.0. The number of carboxylic acid groups (broad SMARTS) is 1. The van der Waals surface area contributed by atoms with Crippen LogP contribution in [0.25, 0.3) is 0 Å². The molecule has 6 aromatic rings. The first-order valence-corrected chi connectivity index (χ1v) is 18.0. The van der Waals surface area contributed by atoms with Crippen LogP contribution in [0.3, 0.4) is 0 Å². The van der Waals surface area contributed by atoms with Crippen LogP contribution < -0.4 is 10.8 Å². The van der Waals surface area contributed by atoms with Crippen molar-refractivity contribution in [3.8, 4) is 0 Å². The van der Waals surface area contributed by atoms with Gasteiger partial charge in [0.05, 0.1) is 22.4 Å². The van der Waals surface area contributed by atoms with Gasteiger partial charge in [0.15, 0.2) is 0 Å². The van der Waals surface area contributed by atoms with Gasteiger partial charge in [-0.05, 0) is 93.9 Å². The summed E-state index contributed by atoms with van der Waals surface area (Å²) in [7, 11) is 0. The molecule has 6 aromatic carbocycles. The van der Waals surface area contributed by atoms with Crippen LogP contribution in [0.2, 0.25) is 0 Å². The van der Waals surface area contributed by atoms with Crippen molar-refractivity contribution in [2.45, 2.75) is 39.5 Å². The van der Waals surface area contributed by atoms with Crippen LogP contribution >= 0.6 is 0 Å². The maximum Gasteiger partial charge on any atom is 0.338 e. The number of nitrogens with one attached hydrogen (secondary N) is 2. The molecule has 4 N–H and O–H groups in total. The Morgan fingerprint density at radius 2 is 1.12 bits per heavy atom. The zero-order valence-corrected chi connectivity index (χ0v) is 30.8. The number of carbonyl (C=O) groups is 3. The minimum atomic E-state index is -1.22. The summed E-state index contributed by atoms with van der Waals surface area (Å²) in [5, 5.41) is 21.6. The number of hydrogen-bond donors (Lipinski definition) is 4. The Morgan fingerprint density at radius 1 is 0.526 bits per heavy atom. The molecule has 0 bridgehead atoms. The lowest BCUT2D eigenvalue weighted by molar-refractivity contribution is -0.313. The van der Waals surface area contributed by atoms with Gasteiger partial charge in [-0.1, -0.05) is 97.1 Å². The summed E-state index contributed by atoms with van der Waals surface area (Å²) in [5.74, 6) is -2.27. The first-order valence-electron chi connectivity index (χ1n) is 18.0. The van der Waals surface area contributed by atoms with Gasteiger partial charge >= 0.3 is 11.9 Å². The van der Waals surface area contributed by atoms with E-state index in [1.165, 1.54) is 12.1 Å². The van der Waals surface area contributed by atoms with Crippen LogP contribution in [0.1, 0.15) is 70.0 Å². The minimum Gasteiger partial charge on any atom is -0.478 e. The summed E-state index contributed by atoms with van der Waals surface area (Å²) >= 11 is 0. The van der Waals surface area contributed by atoms with Crippen molar-refractivity contribution in [3.05, 3.63) is 201 Å². The number of aromatic carboxylic acids is 1. The summed E-state index contributed by atoms with van der Waals surface area (Å²) in [6, 6.07) is 43.2. The van der Waals surface area contributed by atoms with Gasteiger partial charge in [-0.15, -0.1) is 0 Å². The Labute approximate surface area is 329 Å². The zero-order chi connectivity index (χ0) is 39.8. The van der Waals surface area contributed by atoms with E-state index in [2.05, 4.69) is 15.7 Å². The molecule has 0 heterocycles. The highest BCUT2D eigenvalue weighted by atomic mass is 17.2. The smallest absolute Gasteiger partial charge is 0.338 e. The average molecular weight is 769 g/mol.